The number of benzene rings is 1. The second-order valence-corrected chi connectivity index (χ2v) is 9.53. The van der Waals surface area contributed by atoms with Gasteiger partial charge in [0.15, 0.2) is 4.34 Å². The Morgan fingerprint density at radius 3 is 2.72 bits per heavy atom. The Bertz CT molecular complexity index is 1140. The van der Waals surface area contributed by atoms with Crippen molar-refractivity contribution in [1.82, 2.24) is 20.2 Å². The van der Waals surface area contributed by atoms with Crippen LogP contribution in [0.15, 0.2) is 25.7 Å². The minimum atomic E-state index is -0.306. The van der Waals surface area contributed by atoms with Gasteiger partial charge in [-0.2, -0.15) is 0 Å². The Balaban J connectivity index is 1.39. The van der Waals surface area contributed by atoms with Crippen LogP contribution in [0.5, 0.6) is 0 Å². The number of nitrogens with zero attached hydrogens (tertiary/aromatic N) is 3. The molecule has 0 bridgehead atoms. The maximum atomic E-state index is 12.4. The molecule has 29 heavy (non-hydrogen) atoms. The number of hydrogen-bond donors (Lipinski definition) is 3. The normalized spacial score (nSPS) is 13.6. The summed E-state index contributed by atoms with van der Waals surface area (Å²) < 4.78 is 1.30. The Kier molecular flexibility index (Phi) is 5.74. The van der Waals surface area contributed by atoms with Gasteiger partial charge in [-0.3, -0.25) is 14.5 Å². The van der Waals surface area contributed by atoms with E-state index in [4.69, 9.17) is 0 Å². The van der Waals surface area contributed by atoms with Crippen molar-refractivity contribution in [3.63, 3.8) is 0 Å². The summed E-state index contributed by atoms with van der Waals surface area (Å²) in [5.74, 6) is -0.0252. The van der Waals surface area contributed by atoms with Gasteiger partial charge in [-0.05, 0) is 40.9 Å². The van der Waals surface area contributed by atoms with E-state index in [1.807, 2.05) is 6.92 Å². The summed E-state index contributed by atoms with van der Waals surface area (Å²) >= 11 is 5.98. The first kappa shape index (κ1) is 20.1. The number of hydrogen-bond acceptors (Lipinski definition) is 7. The van der Waals surface area contributed by atoms with Gasteiger partial charge in [-0.15, -0.1) is 10.2 Å². The molecule has 0 aliphatic heterocycles. The highest BCUT2D eigenvalue weighted by molar-refractivity contribution is 9.10. The van der Waals surface area contributed by atoms with Gasteiger partial charge in [-0.25, -0.2) is 4.79 Å². The van der Waals surface area contributed by atoms with Crippen LogP contribution in [0, 0.1) is 0 Å². The van der Waals surface area contributed by atoms with Crippen LogP contribution in [0.4, 0.5) is 10.8 Å². The maximum Gasteiger partial charge on any atom is 0.323 e. The molecule has 3 aromatic rings. The van der Waals surface area contributed by atoms with Gasteiger partial charge in [0.2, 0.25) is 16.9 Å². The number of thioether (sulfide) groups is 1. The monoisotopic (exact) mass is 496 g/mol. The lowest BCUT2D eigenvalue weighted by molar-refractivity contribution is -0.118. The molecule has 1 aliphatic rings. The van der Waals surface area contributed by atoms with Gasteiger partial charge in [0.1, 0.15) is 0 Å². The van der Waals surface area contributed by atoms with E-state index >= 15 is 0 Å². The summed E-state index contributed by atoms with van der Waals surface area (Å²) in [6.07, 6.45) is 2.40. The first-order valence-corrected chi connectivity index (χ1v) is 11.5. The van der Waals surface area contributed by atoms with E-state index in [-0.39, 0.29) is 29.3 Å². The molecule has 152 valence electrons. The van der Waals surface area contributed by atoms with Crippen molar-refractivity contribution < 1.29 is 9.59 Å². The zero-order chi connectivity index (χ0) is 20.5. The molecule has 12 heteroatoms. The fourth-order valence-corrected chi connectivity index (χ4v) is 4.97. The number of H-pyrrole nitrogens is 2. The number of rotatable bonds is 7. The van der Waals surface area contributed by atoms with E-state index in [2.05, 4.69) is 41.4 Å². The first-order valence-electron chi connectivity index (χ1n) is 8.94. The summed E-state index contributed by atoms with van der Waals surface area (Å²) in [6, 6.07) is 3.64. The second kappa shape index (κ2) is 8.28. The van der Waals surface area contributed by atoms with E-state index in [1.165, 1.54) is 23.1 Å². The molecule has 2 aromatic heterocycles. The number of carbonyl (C=O) groups is 2. The number of nitrogens with one attached hydrogen (secondary N) is 3. The van der Waals surface area contributed by atoms with Crippen molar-refractivity contribution in [2.45, 2.75) is 36.6 Å². The predicted molar refractivity (Wildman–Crippen MR) is 117 cm³/mol. The number of fused-ring (bicyclic) bond motifs is 1. The van der Waals surface area contributed by atoms with Crippen molar-refractivity contribution in [1.29, 1.82) is 0 Å². The summed E-state index contributed by atoms with van der Waals surface area (Å²) in [6.45, 7) is 1.83. The molecular formula is C17H17BrN6O3S2. The topological polar surface area (TPSA) is 124 Å². The molecule has 0 unspecified atom stereocenters. The lowest BCUT2D eigenvalue weighted by atomic mass is 10.3. The van der Waals surface area contributed by atoms with Gasteiger partial charge >= 0.3 is 5.69 Å². The van der Waals surface area contributed by atoms with Gasteiger partial charge in [0.25, 0.3) is 0 Å². The molecule has 9 nitrogen and oxygen atoms in total. The van der Waals surface area contributed by atoms with Crippen LogP contribution < -0.4 is 15.9 Å². The molecule has 1 saturated carbocycles. The molecular weight excluding hydrogens is 480 g/mol. The van der Waals surface area contributed by atoms with E-state index in [0.29, 0.717) is 37.1 Å². The van der Waals surface area contributed by atoms with Crippen LogP contribution in [0.2, 0.25) is 0 Å². The largest absolute Gasteiger partial charge is 0.324 e. The van der Waals surface area contributed by atoms with Crippen LogP contribution in [0.25, 0.3) is 11.0 Å². The van der Waals surface area contributed by atoms with Gasteiger partial charge < -0.3 is 15.3 Å². The number of aromatic amines is 2. The third-order valence-corrected chi connectivity index (χ3v) is 7.00. The third-order valence-electron chi connectivity index (χ3n) is 4.29. The van der Waals surface area contributed by atoms with Crippen molar-refractivity contribution in [2.75, 3.05) is 16.0 Å². The Morgan fingerprint density at radius 1 is 1.31 bits per heavy atom. The fraction of sp³-hybridized carbons (Fsp3) is 0.353. The quantitative estimate of drug-likeness (QED) is 0.341. The molecule has 2 heterocycles. The molecule has 1 aromatic carbocycles. The summed E-state index contributed by atoms with van der Waals surface area (Å²) in [5, 5.41) is 11.7. The molecule has 0 radical (unpaired) electrons. The number of imidazole rings is 1. The van der Waals surface area contributed by atoms with E-state index in [0.717, 1.165) is 12.8 Å². The van der Waals surface area contributed by atoms with Gasteiger partial charge in [0, 0.05) is 16.9 Å². The Labute approximate surface area is 181 Å². The van der Waals surface area contributed by atoms with Gasteiger partial charge in [-0.1, -0.05) is 30.0 Å². The number of aromatic nitrogens is 4. The number of amides is 2. The molecule has 3 N–H and O–H groups in total. The lowest BCUT2D eigenvalue weighted by Gasteiger charge is -2.17. The van der Waals surface area contributed by atoms with Crippen LogP contribution in [0.1, 0.15) is 26.2 Å². The molecule has 1 aliphatic carbocycles. The lowest BCUT2D eigenvalue weighted by Crippen LogP contribution is -2.32. The average Bonchev–Trinajstić information content (AvgIpc) is 3.29. The number of halogens is 1. The number of carbonyl (C=O) groups excluding carboxylic acids is 2. The molecule has 4 rings (SSSR count). The molecule has 0 saturated heterocycles. The zero-order valence-electron chi connectivity index (χ0n) is 15.3. The van der Waals surface area contributed by atoms with Crippen LogP contribution in [-0.2, 0) is 9.59 Å². The third kappa shape index (κ3) is 4.54. The minimum absolute atomic E-state index is 0.0426. The Morgan fingerprint density at radius 2 is 2.03 bits per heavy atom. The highest BCUT2D eigenvalue weighted by Gasteiger charge is 2.35. The minimum Gasteiger partial charge on any atom is -0.324 e. The highest BCUT2D eigenvalue weighted by atomic mass is 79.9. The molecule has 1 fully saturated rings. The summed E-state index contributed by atoms with van der Waals surface area (Å²) in [7, 11) is 0. The standard InChI is InChI=1S/C17H17BrN6O3S2/c1-2-14(26)24(8-3-4-8)16-22-23-17(29-16)28-7-13(25)19-10-6-12-11(5-9(10)18)20-15(27)21-12/h5-6,8H,2-4,7H2,1H3,(H,19,25)(H2,20,21,27). The summed E-state index contributed by atoms with van der Waals surface area (Å²) in [4.78, 5) is 43.0. The zero-order valence-corrected chi connectivity index (χ0v) is 18.5. The highest BCUT2D eigenvalue weighted by Crippen LogP contribution is 2.36. The maximum absolute atomic E-state index is 12.4. The molecule has 2 amide bonds. The van der Waals surface area contributed by atoms with Crippen molar-refractivity contribution >= 4 is 72.7 Å². The van der Waals surface area contributed by atoms with Crippen molar-refractivity contribution in [2.24, 2.45) is 0 Å². The first-order chi connectivity index (χ1) is 13.9. The average molecular weight is 497 g/mol. The number of anilines is 2. The molecule has 0 atom stereocenters. The fourth-order valence-electron chi connectivity index (χ4n) is 2.79. The van der Waals surface area contributed by atoms with Crippen molar-refractivity contribution in [3.8, 4) is 0 Å². The SMILES string of the molecule is CCC(=O)N(c1nnc(SCC(=O)Nc2cc3[nH]c(=O)[nH]c3cc2Br)s1)C1CC1. The molecule has 0 spiro atoms. The van der Waals surface area contributed by atoms with Crippen LogP contribution >= 0.6 is 39.0 Å². The predicted octanol–water partition coefficient (Wildman–Crippen LogP) is 3.11. The summed E-state index contributed by atoms with van der Waals surface area (Å²) in [5.41, 5.74) is 1.51. The van der Waals surface area contributed by atoms with Crippen LogP contribution in [0.3, 0.4) is 0 Å². The van der Waals surface area contributed by atoms with E-state index in [1.54, 1.807) is 17.0 Å². The van der Waals surface area contributed by atoms with Crippen LogP contribution in [-0.4, -0.2) is 43.8 Å². The van der Waals surface area contributed by atoms with E-state index in [9.17, 15) is 14.4 Å². The Hall–Kier alpha value is -2.18. The second-order valence-electron chi connectivity index (χ2n) is 6.49. The van der Waals surface area contributed by atoms with Crippen molar-refractivity contribution in [3.05, 3.63) is 27.1 Å². The van der Waals surface area contributed by atoms with Gasteiger partial charge in [0.05, 0.1) is 22.5 Å². The van der Waals surface area contributed by atoms with E-state index < -0.39 is 0 Å². The smallest absolute Gasteiger partial charge is 0.323 e.